The summed E-state index contributed by atoms with van der Waals surface area (Å²) >= 11 is 6.17. The van der Waals surface area contributed by atoms with Gasteiger partial charge in [0.2, 0.25) is 0 Å². The van der Waals surface area contributed by atoms with Gasteiger partial charge in [-0.05, 0) is 19.1 Å². The lowest BCUT2D eigenvalue weighted by atomic mass is 10.2. The average molecular weight is 291 g/mol. The lowest BCUT2D eigenvalue weighted by Gasteiger charge is -2.21. The van der Waals surface area contributed by atoms with Gasteiger partial charge < -0.3 is 4.90 Å². The Morgan fingerprint density at radius 1 is 1.25 bits per heavy atom. The van der Waals surface area contributed by atoms with E-state index >= 15 is 0 Å². The van der Waals surface area contributed by atoms with Gasteiger partial charge in [0.1, 0.15) is 16.8 Å². The van der Waals surface area contributed by atoms with Crippen molar-refractivity contribution in [1.82, 2.24) is 15.0 Å². The normalized spacial score (nSPS) is 10.6. The summed E-state index contributed by atoms with van der Waals surface area (Å²) in [6, 6.07) is 5.96. The van der Waals surface area contributed by atoms with Crippen LogP contribution in [0.2, 0.25) is 5.15 Å². The predicted molar refractivity (Wildman–Crippen MR) is 82.4 cm³/mol. The zero-order valence-corrected chi connectivity index (χ0v) is 12.9. The number of halogens is 1. The van der Waals surface area contributed by atoms with Gasteiger partial charge in [0.05, 0.1) is 0 Å². The third kappa shape index (κ3) is 3.45. The van der Waals surface area contributed by atoms with Crippen molar-refractivity contribution in [2.45, 2.75) is 26.7 Å². The van der Waals surface area contributed by atoms with Crippen LogP contribution in [0.25, 0.3) is 0 Å². The summed E-state index contributed by atoms with van der Waals surface area (Å²) in [6.45, 7) is 4.82. The molecule has 0 radical (unpaired) electrons. The number of aryl methyl sites for hydroxylation is 1. The Kier molecular flexibility index (Phi) is 4.90. The summed E-state index contributed by atoms with van der Waals surface area (Å²) in [5, 5.41) is 0.538. The van der Waals surface area contributed by atoms with Gasteiger partial charge in [0.15, 0.2) is 0 Å². The molecule has 2 aromatic rings. The minimum atomic E-state index is 0.538. The highest BCUT2D eigenvalue weighted by atomic mass is 35.5. The predicted octanol–water partition coefficient (Wildman–Crippen LogP) is 3.07. The molecular weight excluding hydrogens is 272 g/mol. The van der Waals surface area contributed by atoms with E-state index in [4.69, 9.17) is 11.6 Å². The Hall–Kier alpha value is -1.68. The van der Waals surface area contributed by atoms with Gasteiger partial charge in [-0.15, -0.1) is 0 Å². The number of pyridine rings is 1. The summed E-state index contributed by atoms with van der Waals surface area (Å²) in [5.74, 6) is 1.68. The van der Waals surface area contributed by atoms with Crippen LogP contribution in [0.3, 0.4) is 0 Å². The minimum Gasteiger partial charge on any atom is -0.359 e. The molecule has 0 saturated carbocycles. The van der Waals surface area contributed by atoms with Gasteiger partial charge >= 0.3 is 0 Å². The molecule has 2 aromatic heterocycles. The molecule has 2 heterocycles. The van der Waals surface area contributed by atoms with Crippen LogP contribution >= 0.6 is 11.6 Å². The second-order valence-corrected chi connectivity index (χ2v) is 5.08. The quantitative estimate of drug-likeness (QED) is 0.794. The topological polar surface area (TPSA) is 41.9 Å². The van der Waals surface area contributed by atoms with E-state index in [1.54, 1.807) is 0 Å². The molecule has 0 aromatic carbocycles. The molecule has 0 N–H and O–H groups in total. The number of hydrogen-bond acceptors (Lipinski definition) is 4. The summed E-state index contributed by atoms with van der Waals surface area (Å²) in [6.07, 6.45) is 3.47. The van der Waals surface area contributed by atoms with E-state index in [1.165, 1.54) is 0 Å². The molecule has 20 heavy (non-hydrogen) atoms. The number of aromatic nitrogens is 3. The fraction of sp³-hybridized carbons (Fsp3) is 0.400. The molecule has 4 nitrogen and oxygen atoms in total. The van der Waals surface area contributed by atoms with Crippen LogP contribution in [-0.4, -0.2) is 28.5 Å². The van der Waals surface area contributed by atoms with Crippen LogP contribution in [0.1, 0.15) is 24.0 Å². The molecule has 0 aliphatic rings. The summed E-state index contributed by atoms with van der Waals surface area (Å²) in [4.78, 5) is 15.3. The number of nitrogens with zero attached hydrogens (tertiary/aromatic N) is 4. The lowest BCUT2D eigenvalue weighted by molar-refractivity contribution is 0.816. The molecule has 0 saturated heterocycles. The number of hydrogen-bond donors (Lipinski definition) is 0. The van der Waals surface area contributed by atoms with Crippen molar-refractivity contribution in [3.8, 4) is 0 Å². The Labute approximate surface area is 124 Å². The Morgan fingerprint density at radius 3 is 2.70 bits per heavy atom. The van der Waals surface area contributed by atoms with E-state index in [9.17, 15) is 0 Å². The van der Waals surface area contributed by atoms with Crippen molar-refractivity contribution in [1.29, 1.82) is 0 Å². The summed E-state index contributed by atoms with van der Waals surface area (Å²) in [5.41, 5.74) is 2.00. The van der Waals surface area contributed by atoms with Crippen LogP contribution in [-0.2, 0) is 12.8 Å². The zero-order valence-electron chi connectivity index (χ0n) is 12.1. The van der Waals surface area contributed by atoms with Crippen molar-refractivity contribution in [3.05, 3.63) is 46.6 Å². The van der Waals surface area contributed by atoms with Crippen LogP contribution < -0.4 is 4.90 Å². The summed E-state index contributed by atoms with van der Waals surface area (Å²) in [7, 11) is 2.02. The smallest absolute Gasteiger partial charge is 0.137 e. The SMILES string of the molecule is CCc1nc(Cl)c(C)c(N(C)CCc2ccccn2)n1. The fourth-order valence-corrected chi connectivity index (χ4v) is 2.17. The first kappa shape index (κ1) is 14.7. The Morgan fingerprint density at radius 2 is 2.05 bits per heavy atom. The molecule has 0 aliphatic heterocycles. The van der Waals surface area contributed by atoms with Gasteiger partial charge in [0, 0.05) is 43.9 Å². The van der Waals surface area contributed by atoms with E-state index in [-0.39, 0.29) is 0 Å². The maximum absolute atomic E-state index is 6.17. The fourth-order valence-electron chi connectivity index (χ4n) is 1.98. The van der Waals surface area contributed by atoms with Gasteiger partial charge in [-0.1, -0.05) is 24.6 Å². The third-order valence-electron chi connectivity index (χ3n) is 3.21. The number of anilines is 1. The lowest BCUT2D eigenvalue weighted by Crippen LogP contribution is -2.23. The second-order valence-electron chi connectivity index (χ2n) is 4.73. The maximum atomic E-state index is 6.17. The maximum Gasteiger partial charge on any atom is 0.137 e. The monoisotopic (exact) mass is 290 g/mol. The molecule has 2 rings (SSSR count). The molecule has 0 aliphatic carbocycles. The highest BCUT2D eigenvalue weighted by molar-refractivity contribution is 6.30. The summed E-state index contributed by atoms with van der Waals surface area (Å²) < 4.78 is 0. The highest BCUT2D eigenvalue weighted by Crippen LogP contribution is 2.22. The van der Waals surface area contributed by atoms with Crippen molar-refractivity contribution in [2.24, 2.45) is 0 Å². The zero-order chi connectivity index (χ0) is 14.5. The average Bonchev–Trinajstić information content (AvgIpc) is 2.48. The van der Waals surface area contributed by atoms with E-state index in [1.807, 2.05) is 45.3 Å². The number of likely N-dealkylation sites (N-methyl/N-ethyl adjacent to an activating group) is 1. The number of rotatable bonds is 5. The van der Waals surface area contributed by atoms with E-state index < -0.39 is 0 Å². The first-order valence-corrected chi connectivity index (χ1v) is 7.13. The van der Waals surface area contributed by atoms with Gasteiger partial charge in [-0.3, -0.25) is 4.98 Å². The van der Waals surface area contributed by atoms with Crippen LogP contribution in [0.5, 0.6) is 0 Å². The van der Waals surface area contributed by atoms with Crippen molar-refractivity contribution in [3.63, 3.8) is 0 Å². The molecule has 0 bridgehead atoms. The standard InChI is InChI=1S/C15H19ClN4/c1-4-13-18-14(16)11(2)15(19-13)20(3)10-8-12-7-5-6-9-17-12/h5-7,9H,4,8,10H2,1-3H3. The molecule has 0 unspecified atom stereocenters. The van der Waals surface area contributed by atoms with Gasteiger partial charge in [0.25, 0.3) is 0 Å². The van der Waals surface area contributed by atoms with Crippen LogP contribution in [0.15, 0.2) is 24.4 Å². The van der Waals surface area contributed by atoms with E-state index in [0.29, 0.717) is 5.15 Å². The first-order valence-electron chi connectivity index (χ1n) is 6.76. The molecular formula is C15H19ClN4. The van der Waals surface area contributed by atoms with Crippen LogP contribution in [0.4, 0.5) is 5.82 Å². The molecule has 5 heteroatoms. The third-order valence-corrected chi connectivity index (χ3v) is 3.58. The van der Waals surface area contributed by atoms with Gasteiger partial charge in [-0.2, -0.15) is 0 Å². The Balaban J connectivity index is 2.12. The minimum absolute atomic E-state index is 0.538. The second kappa shape index (κ2) is 6.66. The molecule has 106 valence electrons. The molecule has 0 fully saturated rings. The van der Waals surface area contributed by atoms with E-state index in [2.05, 4.69) is 19.9 Å². The van der Waals surface area contributed by atoms with Crippen molar-refractivity contribution in [2.75, 3.05) is 18.5 Å². The van der Waals surface area contributed by atoms with Crippen molar-refractivity contribution < 1.29 is 0 Å². The molecule has 0 amide bonds. The first-order chi connectivity index (χ1) is 9.61. The van der Waals surface area contributed by atoms with Gasteiger partial charge in [-0.25, -0.2) is 9.97 Å². The largest absolute Gasteiger partial charge is 0.359 e. The van der Waals surface area contributed by atoms with E-state index in [0.717, 1.165) is 42.3 Å². The van der Waals surface area contributed by atoms with Crippen molar-refractivity contribution >= 4 is 17.4 Å². The Bertz CT molecular complexity index is 572. The molecule has 0 atom stereocenters. The molecule has 0 spiro atoms. The highest BCUT2D eigenvalue weighted by Gasteiger charge is 2.12. The van der Waals surface area contributed by atoms with Crippen LogP contribution in [0, 0.1) is 6.92 Å².